The number of imidazole rings is 1. The van der Waals surface area contributed by atoms with E-state index < -0.39 is 0 Å². The number of benzene rings is 2. The first-order valence-corrected chi connectivity index (χ1v) is 8.90. The third-order valence-electron chi connectivity index (χ3n) is 4.33. The molecule has 0 fully saturated rings. The minimum atomic E-state index is 0.160. The van der Waals surface area contributed by atoms with E-state index in [-0.39, 0.29) is 12.7 Å². The van der Waals surface area contributed by atoms with Crippen molar-refractivity contribution < 1.29 is 9.47 Å². The molecule has 2 aromatic carbocycles. The highest BCUT2D eigenvalue weighted by Crippen LogP contribution is 2.35. The molecule has 2 aromatic heterocycles. The zero-order valence-corrected chi connectivity index (χ0v) is 15.2. The van der Waals surface area contributed by atoms with E-state index in [1.165, 1.54) is 0 Å². The van der Waals surface area contributed by atoms with E-state index in [9.17, 15) is 0 Å². The summed E-state index contributed by atoms with van der Waals surface area (Å²) in [6.45, 7) is 0.229. The minimum absolute atomic E-state index is 0.160. The molecular formula is C20H17N7O2. The van der Waals surface area contributed by atoms with Crippen molar-refractivity contribution in [3.63, 3.8) is 0 Å². The smallest absolute Gasteiger partial charge is 0.231 e. The van der Waals surface area contributed by atoms with Crippen LogP contribution in [-0.4, -0.2) is 26.3 Å². The molecule has 5 rings (SSSR count). The largest absolute Gasteiger partial charge is 0.454 e. The van der Waals surface area contributed by atoms with E-state index in [2.05, 4.69) is 25.6 Å². The number of hydrogen-bond donors (Lipinski definition) is 3. The zero-order valence-electron chi connectivity index (χ0n) is 15.2. The molecule has 0 unspecified atom stereocenters. The van der Waals surface area contributed by atoms with Crippen LogP contribution >= 0.6 is 0 Å². The fourth-order valence-corrected chi connectivity index (χ4v) is 2.99. The first kappa shape index (κ1) is 16.9. The predicted molar refractivity (Wildman–Crippen MR) is 109 cm³/mol. The van der Waals surface area contributed by atoms with Crippen molar-refractivity contribution in [1.29, 1.82) is 0 Å². The molecule has 29 heavy (non-hydrogen) atoms. The molecule has 0 radical (unpaired) electrons. The van der Waals surface area contributed by atoms with Crippen LogP contribution in [0.3, 0.4) is 0 Å². The summed E-state index contributed by atoms with van der Waals surface area (Å²) in [5.74, 6) is 2.71. The Morgan fingerprint density at radius 3 is 2.34 bits per heavy atom. The molecule has 0 amide bonds. The van der Waals surface area contributed by atoms with Gasteiger partial charge in [0, 0.05) is 41.6 Å². The van der Waals surface area contributed by atoms with Crippen molar-refractivity contribution in [2.75, 3.05) is 23.2 Å². The Labute approximate surface area is 166 Å². The third-order valence-corrected chi connectivity index (χ3v) is 4.33. The van der Waals surface area contributed by atoms with Crippen molar-refractivity contribution in [3.8, 4) is 17.2 Å². The number of nitrogens with one attached hydrogen (secondary N) is 2. The minimum Gasteiger partial charge on any atom is -0.454 e. The van der Waals surface area contributed by atoms with E-state index >= 15 is 0 Å². The van der Waals surface area contributed by atoms with Crippen LogP contribution in [0.15, 0.2) is 67.3 Å². The Kier molecular flexibility index (Phi) is 4.10. The molecule has 1 aliphatic rings. The van der Waals surface area contributed by atoms with E-state index in [4.69, 9.17) is 15.2 Å². The first-order valence-electron chi connectivity index (χ1n) is 8.90. The van der Waals surface area contributed by atoms with Gasteiger partial charge in [-0.3, -0.25) is 0 Å². The maximum absolute atomic E-state index is 5.89. The number of aromatic nitrogens is 4. The Hall–Kier alpha value is -4.27. The van der Waals surface area contributed by atoms with Crippen LogP contribution in [0, 0.1) is 0 Å². The summed E-state index contributed by atoms with van der Waals surface area (Å²) in [6, 6.07) is 15.2. The van der Waals surface area contributed by atoms with Gasteiger partial charge >= 0.3 is 0 Å². The van der Waals surface area contributed by atoms with Crippen LogP contribution in [-0.2, 0) is 0 Å². The van der Waals surface area contributed by atoms with Crippen molar-refractivity contribution in [1.82, 2.24) is 19.5 Å². The summed E-state index contributed by atoms with van der Waals surface area (Å²) in [6.07, 6.45) is 5.38. The molecular weight excluding hydrogens is 370 g/mol. The topological polar surface area (TPSA) is 112 Å². The Bertz CT molecular complexity index is 1140. The van der Waals surface area contributed by atoms with Crippen LogP contribution in [0.2, 0.25) is 0 Å². The zero-order chi connectivity index (χ0) is 19.6. The van der Waals surface area contributed by atoms with Crippen LogP contribution < -0.4 is 25.8 Å². The number of ether oxygens (including phenoxy) is 2. The molecule has 3 heterocycles. The maximum atomic E-state index is 5.89. The molecule has 9 nitrogen and oxygen atoms in total. The number of anilines is 5. The molecule has 144 valence electrons. The second-order valence-electron chi connectivity index (χ2n) is 6.33. The van der Waals surface area contributed by atoms with Crippen LogP contribution in [0.4, 0.5) is 29.0 Å². The lowest BCUT2D eigenvalue weighted by Crippen LogP contribution is -2.03. The predicted octanol–water partition coefficient (Wildman–Crippen LogP) is 3.46. The number of hydrogen-bond acceptors (Lipinski definition) is 8. The number of nitrogens with zero attached hydrogens (tertiary/aromatic N) is 4. The highest BCUT2D eigenvalue weighted by atomic mass is 16.7. The normalized spacial score (nSPS) is 12.0. The van der Waals surface area contributed by atoms with Gasteiger partial charge in [0.05, 0.1) is 6.33 Å². The SMILES string of the molecule is Nc1nc(Nc2ccc(-n3ccnc3)cc2)cc(Nc2ccc3c(c2)OCO3)n1. The summed E-state index contributed by atoms with van der Waals surface area (Å²) >= 11 is 0. The van der Waals surface area contributed by atoms with E-state index in [0.29, 0.717) is 17.4 Å². The van der Waals surface area contributed by atoms with E-state index in [1.807, 2.05) is 53.2 Å². The van der Waals surface area contributed by atoms with E-state index in [0.717, 1.165) is 22.8 Å². The molecule has 0 spiro atoms. The summed E-state index contributed by atoms with van der Waals surface area (Å²) < 4.78 is 12.7. The highest BCUT2D eigenvalue weighted by molar-refractivity contribution is 5.67. The van der Waals surface area contributed by atoms with Crippen molar-refractivity contribution in [3.05, 3.63) is 67.3 Å². The van der Waals surface area contributed by atoms with Gasteiger partial charge in [-0.05, 0) is 36.4 Å². The monoisotopic (exact) mass is 387 g/mol. The number of nitrogens with two attached hydrogens (primary N) is 1. The third kappa shape index (κ3) is 3.61. The molecule has 9 heteroatoms. The van der Waals surface area contributed by atoms with Gasteiger partial charge in [0.25, 0.3) is 0 Å². The Morgan fingerprint density at radius 2 is 1.59 bits per heavy atom. The molecule has 4 aromatic rings. The average Bonchev–Trinajstić information content (AvgIpc) is 3.40. The summed E-state index contributed by atoms with van der Waals surface area (Å²) in [5, 5.41) is 6.46. The average molecular weight is 387 g/mol. The number of fused-ring (bicyclic) bond motifs is 1. The van der Waals surface area contributed by atoms with Crippen LogP contribution in [0.5, 0.6) is 11.5 Å². The fourth-order valence-electron chi connectivity index (χ4n) is 2.99. The van der Waals surface area contributed by atoms with Gasteiger partial charge in [0.15, 0.2) is 11.5 Å². The van der Waals surface area contributed by atoms with E-state index in [1.54, 1.807) is 18.6 Å². The Morgan fingerprint density at radius 1 is 0.862 bits per heavy atom. The lowest BCUT2D eigenvalue weighted by Gasteiger charge is -2.11. The van der Waals surface area contributed by atoms with Gasteiger partial charge in [-0.2, -0.15) is 9.97 Å². The molecule has 0 saturated heterocycles. The Balaban J connectivity index is 1.34. The second kappa shape index (κ2) is 7.04. The first-order chi connectivity index (χ1) is 14.2. The summed E-state index contributed by atoms with van der Waals surface area (Å²) in [5.41, 5.74) is 8.59. The quantitative estimate of drug-likeness (QED) is 0.477. The molecule has 1 aliphatic heterocycles. The van der Waals surface area contributed by atoms with Gasteiger partial charge in [-0.15, -0.1) is 0 Å². The highest BCUT2D eigenvalue weighted by Gasteiger charge is 2.13. The van der Waals surface area contributed by atoms with Gasteiger partial charge in [0.1, 0.15) is 11.6 Å². The molecule has 4 N–H and O–H groups in total. The van der Waals surface area contributed by atoms with Crippen molar-refractivity contribution in [2.24, 2.45) is 0 Å². The molecule has 0 aliphatic carbocycles. The lowest BCUT2D eigenvalue weighted by molar-refractivity contribution is 0.174. The van der Waals surface area contributed by atoms with Gasteiger partial charge in [0.2, 0.25) is 12.7 Å². The standard InChI is InChI=1S/C20H17N7O2/c21-20-25-18(23-13-1-4-15(5-2-13)27-8-7-22-11-27)10-19(26-20)24-14-3-6-16-17(9-14)29-12-28-16/h1-11H,12H2,(H4,21,23,24,25,26). The van der Waals surface area contributed by atoms with Crippen molar-refractivity contribution in [2.45, 2.75) is 0 Å². The number of nitrogen functional groups attached to an aromatic ring is 1. The molecule has 0 atom stereocenters. The molecule has 0 saturated carbocycles. The summed E-state index contributed by atoms with van der Waals surface area (Å²) in [4.78, 5) is 12.6. The summed E-state index contributed by atoms with van der Waals surface area (Å²) in [7, 11) is 0. The molecule has 0 bridgehead atoms. The van der Waals surface area contributed by atoms with Crippen LogP contribution in [0.1, 0.15) is 0 Å². The van der Waals surface area contributed by atoms with Gasteiger partial charge in [-0.25, -0.2) is 4.98 Å². The lowest BCUT2D eigenvalue weighted by atomic mass is 10.2. The fraction of sp³-hybridized carbons (Fsp3) is 0.0500. The van der Waals surface area contributed by atoms with Crippen LogP contribution in [0.25, 0.3) is 5.69 Å². The van der Waals surface area contributed by atoms with Crippen molar-refractivity contribution >= 4 is 29.0 Å². The number of rotatable bonds is 5. The maximum Gasteiger partial charge on any atom is 0.231 e. The second-order valence-corrected chi connectivity index (χ2v) is 6.33. The van der Waals surface area contributed by atoms with Gasteiger partial charge in [-0.1, -0.05) is 0 Å². The van der Waals surface area contributed by atoms with Gasteiger partial charge < -0.3 is 30.4 Å².